The molecule has 0 spiro atoms. The molecule has 0 aliphatic heterocycles. The van der Waals surface area contributed by atoms with Crippen LogP contribution in [0.15, 0.2) is 18.3 Å². The molecule has 1 rings (SSSR count). The van der Waals surface area contributed by atoms with E-state index in [4.69, 9.17) is 4.98 Å². The minimum Gasteiger partial charge on any atom is -0.261 e. The summed E-state index contributed by atoms with van der Waals surface area (Å²) in [5, 5.41) is 0. The van der Waals surface area contributed by atoms with Crippen LogP contribution in [0.4, 0.5) is 0 Å². The number of aryl methyl sites for hydroxylation is 2. The quantitative estimate of drug-likeness (QED) is 0.0688. The minimum atomic E-state index is 1.16. The van der Waals surface area contributed by atoms with E-state index in [9.17, 15) is 0 Å². The lowest BCUT2D eigenvalue weighted by atomic mass is 10.0. The fraction of sp³-hybridized carbons (Fsp3) is 0.884. The standard InChI is InChI=1S/C43H81N/c1-3-5-7-9-11-13-15-17-19-21-23-25-27-29-31-33-35-37-42-39-40-43(44-41-42)38-36-34-32-30-28-26-24-22-20-18-16-14-12-10-8-6-4-2/h39-41H,3-38H2,1-2H3. The Kier molecular flexibility index (Phi) is 32.8. The third kappa shape index (κ3) is 29.8. The summed E-state index contributed by atoms with van der Waals surface area (Å²) < 4.78 is 0. The molecule has 1 aromatic rings. The second-order valence-corrected chi connectivity index (χ2v) is 14.5. The Morgan fingerprint density at radius 3 is 0.864 bits per heavy atom. The van der Waals surface area contributed by atoms with Crippen molar-refractivity contribution >= 4 is 0 Å². The van der Waals surface area contributed by atoms with Crippen molar-refractivity contribution in [3.05, 3.63) is 29.6 Å². The second-order valence-electron chi connectivity index (χ2n) is 14.5. The van der Waals surface area contributed by atoms with Gasteiger partial charge in [-0.15, -0.1) is 0 Å². The summed E-state index contributed by atoms with van der Waals surface area (Å²) in [5.41, 5.74) is 2.74. The maximum atomic E-state index is 4.78. The Morgan fingerprint density at radius 2 is 0.591 bits per heavy atom. The topological polar surface area (TPSA) is 12.9 Å². The lowest BCUT2D eigenvalue weighted by molar-refractivity contribution is 0.526. The van der Waals surface area contributed by atoms with Crippen LogP contribution in [0.3, 0.4) is 0 Å². The van der Waals surface area contributed by atoms with Crippen LogP contribution in [-0.2, 0) is 12.8 Å². The Hall–Kier alpha value is -0.850. The number of aromatic nitrogens is 1. The van der Waals surface area contributed by atoms with Crippen LogP contribution in [0.25, 0.3) is 0 Å². The Labute approximate surface area is 279 Å². The normalized spacial score (nSPS) is 11.5. The van der Waals surface area contributed by atoms with Crippen LogP contribution < -0.4 is 0 Å². The summed E-state index contributed by atoms with van der Waals surface area (Å²) >= 11 is 0. The molecule has 258 valence electrons. The van der Waals surface area contributed by atoms with Crippen LogP contribution in [-0.4, -0.2) is 4.98 Å². The average molecular weight is 612 g/mol. The van der Waals surface area contributed by atoms with Gasteiger partial charge in [-0.3, -0.25) is 4.98 Å². The van der Waals surface area contributed by atoms with Gasteiger partial charge in [-0.2, -0.15) is 0 Å². The molecule has 0 saturated heterocycles. The Morgan fingerprint density at radius 1 is 0.318 bits per heavy atom. The summed E-state index contributed by atoms with van der Waals surface area (Å²) in [6, 6.07) is 4.65. The van der Waals surface area contributed by atoms with Crippen LogP contribution >= 0.6 is 0 Å². The minimum absolute atomic E-state index is 1.16. The number of nitrogens with zero attached hydrogens (tertiary/aromatic N) is 1. The summed E-state index contributed by atoms with van der Waals surface area (Å²) in [5.74, 6) is 0. The van der Waals surface area contributed by atoms with Gasteiger partial charge in [0.2, 0.25) is 0 Å². The molecule has 1 nitrogen and oxygen atoms in total. The van der Waals surface area contributed by atoms with E-state index in [1.165, 1.54) is 236 Å². The van der Waals surface area contributed by atoms with Crippen LogP contribution in [0.2, 0.25) is 0 Å². The fourth-order valence-corrected chi connectivity index (χ4v) is 6.84. The van der Waals surface area contributed by atoms with E-state index < -0.39 is 0 Å². The third-order valence-corrected chi connectivity index (χ3v) is 9.99. The lowest BCUT2D eigenvalue weighted by Gasteiger charge is -2.05. The predicted molar refractivity (Wildman–Crippen MR) is 200 cm³/mol. The van der Waals surface area contributed by atoms with Crippen molar-refractivity contribution in [1.29, 1.82) is 0 Å². The number of rotatable bonds is 36. The van der Waals surface area contributed by atoms with Gasteiger partial charge < -0.3 is 0 Å². The van der Waals surface area contributed by atoms with Crippen molar-refractivity contribution in [1.82, 2.24) is 4.98 Å². The van der Waals surface area contributed by atoms with E-state index in [2.05, 4.69) is 32.2 Å². The molecule has 0 aliphatic rings. The number of hydrogen-bond donors (Lipinski definition) is 0. The smallest absolute Gasteiger partial charge is 0.0403 e. The Balaban J connectivity index is 1.79. The molecule has 0 amide bonds. The van der Waals surface area contributed by atoms with Crippen LogP contribution in [0, 0.1) is 0 Å². The summed E-state index contributed by atoms with van der Waals surface area (Å²) in [6.07, 6.45) is 53.5. The molecule has 0 aliphatic carbocycles. The van der Waals surface area contributed by atoms with Crippen molar-refractivity contribution in [2.24, 2.45) is 0 Å². The molecule has 0 fully saturated rings. The van der Waals surface area contributed by atoms with Gasteiger partial charge in [-0.05, 0) is 37.3 Å². The molecule has 44 heavy (non-hydrogen) atoms. The first-order chi connectivity index (χ1) is 21.9. The highest BCUT2D eigenvalue weighted by molar-refractivity contribution is 5.14. The van der Waals surface area contributed by atoms with Crippen molar-refractivity contribution < 1.29 is 0 Å². The Bertz CT molecular complexity index is 592. The van der Waals surface area contributed by atoms with E-state index >= 15 is 0 Å². The van der Waals surface area contributed by atoms with Crippen molar-refractivity contribution in [3.8, 4) is 0 Å². The lowest BCUT2D eigenvalue weighted by Crippen LogP contribution is -1.93. The van der Waals surface area contributed by atoms with Gasteiger partial charge in [0.05, 0.1) is 0 Å². The number of pyridine rings is 1. The summed E-state index contributed by atoms with van der Waals surface area (Å²) in [7, 11) is 0. The zero-order valence-corrected chi connectivity index (χ0v) is 30.6. The number of unbranched alkanes of at least 4 members (excludes halogenated alkanes) is 32. The monoisotopic (exact) mass is 612 g/mol. The summed E-state index contributed by atoms with van der Waals surface area (Å²) in [6.45, 7) is 4.61. The SMILES string of the molecule is CCCCCCCCCCCCCCCCCCCc1ccc(CCCCCCCCCCCCCCCCCCC)nc1. The summed E-state index contributed by atoms with van der Waals surface area (Å²) in [4.78, 5) is 4.78. The van der Waals surface area contributed by atoms with Crippen molar-refractivity contribution in [3.63, 3.8) is 0 Å². The molecule has 0 atom stereocenters. The second kappa shape index (κ2) is 35.0. The van der Waals surface area contributed by atoms with Crippen LogP contribution in [0.1, 0.15) is 243 Å². The molecule has 0 bridgehead atoms. The molecule has 1 heterocycles. The zero-order valence-electron chi connectivity index (χ0n) is 30.6. The molecule has 0 N–H and O–H groups in total. The molecule has 1 heteroatoms. The van der Waals surface area contributed by atoms with Crippen molar-refractivity contribution in [2.45, 2.75) is 245 Å². The van der Waals surface area contributed by atoms with E-state index in [1.54, 1.807) is 0 Å². The number of hydrogen-bond acceptors (Lipinski definition) is 1. The van der Waals surface area contributed by atoms with Crippen molar-refractivity contribution in [2.75, 3.05) is 0 Å². The van der Waals surface area contributed by atoms with Crippen LogP contribution in [0.5, 0.6) is 0 Å². The molecule has 0 radical (unpaired) electrons. The first-order valence-corrected chi connectivity index (χ1v) is 20.8. The average Bonchev–Trinajstić information content (AvgIpc) is 3.04. The highest BCUT2D eigenvalue weighted by Gasteiger charge is 2.00. The van der Waals surface area contributed by atoms with Gasteiger partial charge in [-0.25, -0.2) is 0 Å². The molecular formula is C43H81N. The van der Waals surface area contributed by atoms with Gasteiger partial charge in [0, 0.05) is 11.9 Å². The van der Waals surface area contributed by atoms with Gasteiger partial charge in [0.25, 0.3) is 0 Å². The largest absolute Gasteiger partial charge is 0.261 e. The van der Waals surface area contributed by atoms with E-state index in [1.807, 2.05) is 0 Å². The van der Waals surface area contributed by atoms with E-state index in [0.29, 0.717) is 0 Å². The van der Waals surface area contributed by atoms with Gasteiger partial charge in [-0.1, -0.05) is 225 Å². The molecule has 0 saturated carbocycles. The third-order valence-electron chi connectivity index (χ3n) is 9.99. The molecule has 1 aromatic heterocycles. The maximum Gasteiger partial charge on any atom is 0.0403 e. The first kappa shape index (κ1) is 41.2. The first-order valence-electron chi connectivity index (χ1n) is 20.8. The van der Waals surface area contributed by atoms with E-state index in [0.717, 1.165) is 6.42 Å². The van der Waals surface area contributed by atoms with Gasteiger partial charge in [0.1, 0.15) is 0 Å². The van der Waals surface area contributed by atoms with Gasteiger partial charge >= 0.3 is 0 Å². The zero-order chi connectivity index (χ0) is 31.4. The highest BCUT2D eigenvalue weighted by Crippen LogP contribution is 2.17. The molecule has 0 unspecified atom stereocenters. The van der Waals surface area contributed by atoms with Gasteiger partial charge in [0.15, 0.2) is 0 Å². The predicted octanol–water partition coefficient (Wildman–Crippen LogP) is 15.5. The highest BCUT2D eigenvalue weighted by atomic mass is 14.7. The fourth-order valence-electron chi connectivity index (χ4n) is 6.84. The maximum absolute atomic E-state index is 4.78. The van der Waals surface area contributed by atoms with E-state index in [-0.39, 0.29) is 0 Å². The molecular weight excluding hydrogens is 530 g/mol. The molecule has 0 aromatic carbocycles.